The molecule has 5 nitrogen and oxygen atoms in total. The number of aryl methyl sites for hydroxylation is 2. The molecule has 2 aromatic carbocycles. The molecule has 1 aliphatic heterocycles. The summed E-state index contributed by atoms with van der Waals surface area (Å²) < 4.78 is 2.03. The lowest BCUT2D eigenvalue weighted by Crippen LogP contribution is -2.54. The lowest BCUT2D eigenvalue weighted by Gasteiger charge is -2.29. The molecule has 1 aromatic heterocycles. The van der Waals surface area contributed by atoms with Gasteiger partial charge in [-0.05, 0) is 86.6 Å². The Balaban J connectivity index is 1.77. The molecule has 31 heavy (non-hydrogen) atoms. The summed E-state index contributed by atoms with van der Waals surface area (Å²) in [5.74, 6) is -0.960. The number of aromatic nitrogens is 1. The SMILES string of the molecule is Cc1cccc(N2C(=O)/C(=C/c3cc(C)n(-c4cccc(Cl)c4)c3C)C(=O)NC2=S)c1. The first-order valence-electron chi connectivity index (χ1n) is 9.69. The molecular weight excluding hydrogens is 430 g/mol. The van der Waals surface area contributed by atoms with Gasteiger partial charge in [0.2, 0.25) is 0 Å². The zero-order chi connectivity index (χ0) is 22.3. The molecule has 3 aromatic rings. The van der Waals surface area contributed by atoms with Crippen LogP contribution in [0.25, 0.3) is 11.8 Å². The molecule has 1 saturated heterocycles. The van der Waals surface area contributed by atoms with Crippen LogP contribution in [-0.4, -0.2) is 21.5 Å². The van der Waals surface area contributed by atoms with Crippen molar-refractivity contribution >= 4 is 52.5 Å². The summed E-state index contributed by atoms with van der Waals surface area (Å²) in [6.45, 7) is 5.84. The van der Waals surface area contributed by atoms with E-state index in [0.29, 0.717) is 10.7 Å². The predicted octanol–water partition coefficient (Wildman–Crippen LogP) is 4.89. The Labute approximate surface area is 190 Å². The van der Waals surface area contributed by atoms with Gasteiger partial charge in [0.1, 0.15) is 5.57 Å². The number of nitrogens with zero attached hydrogens (tertiary/aromatic N) is 2. The van der Waals surface area contributed by atoms with E-state index in [1.54, 1.807) is 12.1 Å². The van der Waals surface area contributed by atoms with E-state index in [4.69, 9.17) is 23.8 Å². The number of thiocarbonyl (C=S) groups is 1. The van der Waals surface area contributed by atoms with Gasteiger partial charge in [-0.25, -0.2) is 0 Å². The van der Waals surface area contributed by atoms with Gasteiger partial charge in [-0.1, -0.05) is 29.8 Å². The number of carbonyl (C=O) groups is 2. The van der Waals surface area contributed by atoms with Crippen LogP contribution in [-0.2, 0) is 9.59 Å². The maximum absolute atomic E-state index is 13.3. The molecule has 7 heteroatoms. The fourth-order valence-corrected chi connectivity index (χ4v) is 4.23. The second-order valence-corrected chi connectivity index (χ2v) is 8.26. The molecule has 0 bridgehead atoms. The minimum absolute atomic E-state index is 0.0291. The van der Waals surface area contributed by atoms with Crippen LogP contribution in [0.3, 0.4) is 0 Å². The van der Waals surface area contributed by atoms with Crippen molar-refractivity contribution in [3.05, 3.63) is 87.7 Å². The maximum Gasteiger partial charge on any atom is 0.270 e. The van der Waals surface area contributed by atoms with Gasteiger partial charge >= 0.3 is 0 Å². The normalized spacial score (nSPS) is 15.5. The summed E-state index contributed by atoms with van der Waals surface area (Å²) in [7, 11) is 0. The lowest BCUT2D eigenvalue weighted by molar-refractivity contribution is -0.122. The van der Waals surface area contributed by atoms with E-state index in [9.17, 15) is 9.59 Å². The summed E-state index contributed by atoms with van der Waals surface area (Å²) in [6, 6.07) is 16.9. The van der Waals surface area contributed by atoms with Crippen LogP contribution in [0.15, 0.2) is 60.2 Å². The quantitative estimate of drug-likeness (QED) is 0.352. The van der Waals surface area contributed by atoms with E-state index in [1.807, 2.05) is 73.9 Å². The Hall–Kier alpha value is -3.22. The summed E-state index contributed by atoms with van der Waals surface area (Å²) in [4.78, 5) is 27.3. The van der Waals surface area contributed by atoms with Crippen LogP contribution >= 0.6 is 23.8 Å². The van der Waals surface area contributed by atoms with E-state index in [2.05, 4.69) is 5.32 Å². The highest BCUT2D eigenvalue weighted by molar-refractivity contribution is 7.80. The van der Waals surface area contributed by atoms with Gasteiger partial charge in [-0.15, -0.1) is 0 Å². The Morgan fingerprint density at radius 3 is 2.39 bits per heavy atom. The van der Waals surface area contributed by atoms with E-state index in [0.717, 1.165) is 28.2 Å². The number of amides is 2. The van der Waals surface area contributed by atoms with Crippen molar-refractivity contribution in [3.8, 4) is 5.69 Å². The van der Waals surface area contributed by atoms with Gasteiger partial charge in [-0.2, -0.15) is 0 Å². The average molecular weight is 450 g/mol. The number of carbonyl (C=O) groups excluding carboxylic acids is 2. The Morgan fingerprint density at radius 1 is 0.968 bits per heavy atom. The third-order valence-electron chi connectivity index (χ3n) is 5.20. The monoisotopic (exact) mass is 449 g/mol. The summed E-state index contributed by atoms with van der Waals surface area (Å²) in [5.41, 5.74) is 5.17. The van der Waals surface area contributed by atoms with Crippen molar-refractivity contribution < 1.29 is 9.59 Å². The van der Waals surface area contributed by atoms with Gasteiger partial charge in [0.05, 0.1) is 5.69 Å². The predicted molar refractivity (Wildman–Crippen MR) is 128 cm³/mol. The van der Waals surface area contributed by atoms with Crippen LogP contribution in [0.1, 0.15) is 22.5 Å². The number of hydrogen-bond acceptors (Lipinski definition) is 3. The molecule has 156 valence electrons. The van der Waals surface area contributed by atoms with E-state index in [-0.39, 0.29) is 10.7 Å². The van der Waals surface area contributed by atoms with Crippen molar-refractivity contribution in [1.82, 2.24) is 9.88 Å². The van der Waals surface area contributed by atoms with Gasteiger partial charge in [-0.3, -0.25) is 19.8 Å². The van der Waals surface area contributed by atoms with Gasteiger partial charge in [0, 0.05) is 22.1 Å². The molecule has 2 amide bonds. The van der Waals surface area contributed by atoms with Gasteiger partial charge < -0.3 is 4.57 Å². The minimum Gasteiger partial charge on any atom is -0.318 e. The van der Waals surface area contributed by atoms with Crippen LogP contribution in [0.5, 0.6) is 0 Å². The summed E-state index contributed by atoms with van der Waals surface area (Å²) >= 11 is 11.4. The zero-order valence-electron chi connectivity index (χ0n) is 17.3. The maximum atomic E-state index is 13.3. The molecule has 0 unspecified atom stereocenters. The average Bonchev–Trinajstić information content (AvgIpc) is 2.98. The highest BCUT2D eigenvalue weighted by Gasteiger charge is 2.34. The first-order chi connectivity index (χ1) is 14.8. The smallest absolute Gasteiger partial charge is 0.270 e. The van der Waals surface area contributed by atoms with Crippen molar-refractivity contribution in [1.29, 1.82) is 0 Å². The highest BCUT2D eigenvalue weighted by Crippen LogP contribution is 2.27. The number of benzene rings is 2. The van der Waals surface area contributed by atoms with Gasteiger partial charge in [0.15, 0.2) is 5.11 Å². The third kappa shape index (κ3) is 3.92. The summed E-state index contributed by atoms with van der Waals surface area (Å²) in [6.07, 6.45) is 1.62. The molecule has 4 rings (SSSR count). The number of rotatable bonds is 3. The number of hydrogen-bond donors (Lipinski definition) is 1. The Kier molecular flexibility index (Phi) is 5.52. The largest absolute Gasteiger partial charge is 0.318 e. The molecule has 2 heterocycles. The minimum atomic E-state index is -0.508. The molecule has 1 N–H and O–H groups in total. The number of nitrogens with one attached hydrogen (secondary N) is 1. The zero-order valence-corrected chi connectivity index (χ0v) is 18.8. The van der Waals surface area contributed by atoms with Crippen molar-refractivity contribution in [3.63, 3.8) is 0 Å². The molecule has 0 atom stereocenters. The topological polar surface area (TPSA) is 54.3 Å². The first-order valence-corrected chi connectivity index (χ1v) is 10.5. The molecule has 0 spiro atoms. The molecule has 0 aliphatic carbocycles. The Bertz CT molecular complexity index is 1280. The molecule has 1 aliphatic rings. The highest BCUT2D eigenvalue weighted by atomic mass is 35.5. The van der Waals surface area contributed by atoms with Gasteiger partial charge in [0.25, 0.3) is 11.8 Å². The van der Waals surface area contributed by atoms with Crippen LogP contribution < -0.4 is 10.2 Å². The fourth-order valence-electron chi connectivity index (χ4n) is 3.76. The second-order valence-electron chi connectivity index (χ2n) is 7.44. The fraction of sp³-hybridized carbons (Fsp3) is 0.125. The number of halogens is 1. The first kappa shape index (κ1) is 21.0. The standard InChI is InChI=1S/C24H20ClN3O2S/c1-14-6-4-8-19(10-14)28-23(30)21(22(29)26-24(28)31)12-17-11-15(2)27(16(17)3)20-9-5-7-18(25)13-20/h4-13H,1-3H3,(H,26,29,31)/b21-12+. The molecule has 0 radical (unpaired) electrons. The van der Waals surface area contributed by atoms with E-state index in [1.165, 1.54) is 4.90 Å². The second kappa shape index (κ2) is 8.13. The van der Waals surface area contributed by atoms with Crippen LogP contribution in [0.4, 0.5) is 5.69 Å². The van der Waals surface area contributed by atoms with Crippen LogP contribution in [0.2, 0.25) is 5.02 Å². The molecule has 1 fully saturated rings. The molecule has 0 saturated carbocycles. The van der Waals surface area contributed by atoms with Crippen molar-refractivity contribution in [2.24, 2.45) is 0 Å². The van der Waals surface area contributed by atoms with E-state index >= 15 is 0 Å². The Morgan fingerprint density at radius 2 is 1.68 bits per heavy atom. The van der Waals surface area contributed by atoms with E-state index < -0.39 is 11.8 Å². The lowest BCUT2D eigenvalue weighted by atomic mass is 10.1. The number of anilines is 1. The van der Waals surface area contributed by atoms with Crippen molar-refractivity contribution in [2.45, 2.75) is 20.8 Å². The van der Waals surface area contributed by atoms with Crippen molar-refractivity contribution in [2.75, 3.05) is 4.90 Å². The third-order valence-corrected chi connectivity index (χ3v) is 5.72. The summed E-state index contributed by atoms with van der Waals surface area (Å²) in [5, 5.41) is 3.34. The molecular formula is C24H20ClN3O2S. The van der Waals surface area contributed by atoms with Crippen LogP contribution in [0, 0.1) is 20.8 Å².